The molecule has 1 aromatic rings. The van der Waals surface area contributed by atoms with Gasteiger partial charge in [-0.2, -0.15) is 5.10 Å². The second kappa shape index (κ2) is 5.91. The number of nitrogens with one attached hydrogen (secondary N) is 1. The molecule has 0 bridgehead atoms. The van der Waals surface area contributed by atoms with E-state index in [4.69, 9.17) is 34.8 Å². The number of anilines is 1. The molecule has 0 spiro atoms. The molecule has 0 aromatic heterocycles. The molecule has 3 nitrogen and oxygen atoms in total. The van der Waals surface area contributed by atoms with Crippen LogP contribution < -0.4 is 5.43 Å². The summed E-state index contributed by atoms with van der Waals surface area (Å²) < 4.78 is 0. The van der Waals surface area contributed by atoms with Crippen LogP contribution in [0.5, 0.6) is 0 Å². The van der Waals surface area contributed by atoms with Crippen LogP contribution in [0, 0.1) is 0 Å². The molecule has 1 aliphatic carbocycles. The van der Waals surface area contributed by atoms with Crippen LogP contribution in [0.2, 0.25) is 15.1 Å². The quantitative estimate of drug-likeness (QED) is 0.643. The summed E-state index contributed by atoms with van der Waals surface area (Å²) in [5.41, 5.74) is 3.98. The fourth-order valence-corrected chi connectivity index (χ4v) is 2.33. The van der Waals surface area contributed by atoms with E-state index in [1.54, 1.807) is 12.1 Å². The molecule has 96 valence electrons. The maximum Gasteiger partial charge on any atom is 0.178 e. The van der Waals surface area contributed by atoms with Crippen molar-refractivity contribution in [1.82, 2.24) is 0 Å². The summed E-state index contributed by atoms with van der Waals surface area (Å²) in [7, 11) is 0. The van der Waals surface area contributed by atoms with E-state index in [0.717, 1.165) is 12.8 Å². The van der Waals surface area contributed by atoms with Gasteiger partial charge in [-0.05, 0) is 31.4 Å². The first-order valence-corrected chi connectivity index (χ1v) is 6.71. The molecule has 0 unspecified atom stereocenters. The van der Waals surface area contributed by atoms with Gasteiger partial charge in [-0.1, -0.05) is 34.8 Å². The van der Waals surface area contributed by atoms with Gasteiger partial charge in [-0.3, -0.25) is 10.2 Å². The van der Waals surface area contributed by atoms with Crippen LogP contribution in [0.1, 0.15) is 25.7 Å². The zero-order valence-corrected chi connectivity index (χ0v) is 11.7. The average Bonchev–Trinajstić information content (AvgIpc) is 2.35. The summed E-state index contributed by atoms with van der Waals surface area (Å²) in [6.07, 6.45) is 3.22. The van der Waals surface area contributed by atoms with Crippen molar-refractivity contribution in [3.63, 3.8) is 0 Å². The average molecular weight is 306 g/mol. The van der Waals surface area contributed by atoms with Gasteiger partial charge in [-0.15, -0.1) is 0 Å². The van der Waals surface area contributed by atoms with Gasteiger partial charge >= 0.3 is 0 Å². The minimum Gasteiger partial charge on any atom is -0.293 e. The SMILES string of the molecule is O=C1CCCC/C1=N/Nc1cc(Cl)c(Cl)c(Cl)c1. The number of nitrogens with zero attached hydrogens (tertiary/aromatic N) is 1. The Bertz CT molecular complexity index is 491. The molecular formula is C12H11Cl3N2O. The van der Waals surface area contributed by atoms with Crippen molar-refractivity contribution in [3.05, 3.63) is 27.2 Å². The highest BCUT2D eigenvalue weighted by atomic mass is 35.5. The van der Waals surface area contributed by atoms with Gasteiger partial charge in [0.15, 0.2) is 5.78 Å². The Balaban J connectivity index is 2.14. The van der Waals surface area contributed by atoms with E-state index in [1.165, 1.54) is 0 Å². The van der Waals surface area contributed by atoms with Crippen LogP contribution in [-0.2, 0) is 4.79 Å². The number of benzene rings is 1. The summed E-state index contributed by atoms with van der Waals surface area (Å²) in [6, 6.07) is 3.24. The molecule has 0 amide bonds. The minimum atomic E-state index is 0.0971. The van der Waals surface area contributed by atoms with Gasteiger partial charge in [0.05, 0.1) is 20.8 Å². The second-order valence-corrected chi connectivity index (χ2v) is 5.25. The number of hydrazone groups is 1. The summed E-state index contributed by atoms with van der Waals surface area (Å²) >= 11 is 17.6. The van der Waals surface area contributed by atoms with Crippen LogP contribution >= 0.6 is 34.8 Å². The van der Waals surface area contributed by atoms with Crippen molar-refractivity contribution < 1.29 is 4.79 Å². The molecule has 0 heterocycles. The third-order valence-electron chi connectivity index (χ3n) is 2.69. The number of carbonyl (C=O) groups excluding carboxylic acids is 1. The fourth-order valence-electron chi connectivity index (χ4n) is 1.73. The molecule has 0 atom stereocenters. The van der Waals surface area contributed by atoms with Gasteiger partial charge in [0.25, 0.3) is 0 Å². The topological polar surface area (TPSA) is 41.5 Å². The van der Waals surface area contributed by atoms with E-state index in [1.807, 2.05) is 0 Å². The molecule has 6 heteroatoms. The maximum atomic E-state index is 11.6. The van der Waals surface area contributed by atoms with E-state index < -0.39 is 0 Å². The van der Waals surface area contributed by atoms with Crippen molar-refractivity contribution in [1.29, 1.82) is 0 Å². The molecular weight excluding hydrogens is 295 g/mol. The van der Waals surface area contributed by atoms with Crippen molar-refractivity contribution in [3.8, 4) is 0 Å². The van der Waals surface area contributed by atoms with Gasteiger partial charge < -0.3 is 0 Å². The lowest BCUT2D eigenvalue weighted by molar-refractivity contribution is -0.113. The van der Waals surface area contributed by atoms with E-state index >= 15 is 0 Å². The number of Topliss-reactive ketones (excluding diaryl/α,β-unsaturated/α-hetero) is 1. The van der Waals surface area contributed by atoms with Crippen LogP contribution in [-0.4, -0.2) is 11.5 Å². The Morgan fingerprint density at radius 2 is 1.67 bits per heavy atom. The van der Waals surface area contributed by atoms with Gasteiger partial charge in [0, 0.05) is 6.42 Å². The summed E-state index contributed by atoms with van der Waals surface area (Å²) in [5, 5.41) is 5.11. The predicted octanol–water partition coefficient (Wildman–Crippen LogP) is 4.56. The minimum absolute atomic E-state index is 0.0971. The van der Waals surface area contributed by atoms with Crippen molar-refractivity contribution in [2.45, 2.75) is 25.7 Å². The lowest BCUT2D eigenvalue weighted by atomic mass is 9.97. The summed E-state index contributed by atoms with van der Waals surface area (Å²) in [5.74, 6) is 0.0971. The Hall–Kier alpha value is -0.770. The van der Waals surface area contributed by atoms with Gasteiger partial charge in [0.2, 0.25) is 0 Å². The van der Waals surface area contributed by atoms with Crippen LogP contribution in [0.25, 0.3) is 0 Å². The zero-order valence-electron chi connectivity index (χ0n) is 9.47. The molecule has 0 aliphatic heterocycles. The Labute approximate surface area is 120 Å². The summed E-state index contributed by atoms with van der Waals surface area (Å²) in [4.78, 5) is 11.6. The van der Waals surface area contributed by atoms with E-state index in [-0.39, 0.29) is 5.78 Å². The number of hydrogen-bond acceptors (Lipinski definition) is 3. The van der Waals surface area contributed by atoms with Crippen LogP contribution in [0.3, 0.4) is 0 Å². The first kappa shape index (κ1) is 13.7. The molecule has 18 heavy (non-hydrogen) atoms. The molecule has 1 fully saturated rings. The Morgan fingerprint density at radius 3 is 2.28 bits per heavy atom. The van der Waals surface area contributed by atoms with E-state index in [0.29, 0.717) is 39.3 Å². The lowest BCUT2D eigenvalue weighted by Gasteiger charge is -2.12. The summed E-state index contributed by atoms with van der Waals surface area (Å²) in [6.45, 7) is 0. The first-order chi connectivity index (χ1) is 8.58. The third-order valence-corrected chi connectivity index (χ3v) is 3.89. The number of hydrogen-bond donors (Lipinski definition) is 1. The highest BCUT2D eigenvalue weighted by Gasteiger charge is 2.16. The van der Waals surface area contributed by atoms with Crippen molar-refractivity contribution >= 4 is 52.0 Å². The molecule has 1 aromatic carbocycles. The van der Waals surface area contributed by atoms with Gasteiger partial charge in [-0.25, -0.2) is 0 Å². The van der Waals surface area contributed by atoms with Gasteiger partial charge in [0.1, 0.15) is 5.71 Å². The monoisotopic (exact) mass is 304 g/mol. The number of ketones is 1. The van der Waals surface area contributed by atoms with Crippen molar-refractivity contribution in [2.75, 3.05) is 5.43 Å². The highest BCUT2D eigenvalue weighted by molar-refractivity contribution is 6.48. The lowest BCUT2D eigenvalue weighted by Crippen LogP contribution is -2.19. The fraction of sp³-hybridized carbons (Fsp3) is 0.333. The Morgan fingerprint density at radius 1 is 1.06 bits per heavy atom. The Kier molecular flexibility index (Phi) is 4.49. The molecule has 1 aliphatic rings. The molecule has 0 saturated heterocycles. The van der Waals surface area contributed by atoms with Crippen molar-refractivity contribution in [2.24, 2.45) is 5.10 Å². The third kappa shape index (κ3) is 3.16. The normalized spacial score (nSPS) is 18.2. The standard InChI is InChI=1S/C12H11Cl3N2O/c13-8-5-7(6-9(14)12(8)15)16-17-10-3-1-2-4-11(10)18/h5-6,16H,1-4H2/b17-10-. The van der Waals surface area contributed by atoms with E-state index in [2.05, 4.69) is 10.5 Å². The van der Waals surface area contributed by atoms with Crippen LogP contribution in [0.4, 0.5) is 5.69 Å². The highest BCUT2D eigenvalue weighted by Crippen LogP contribution is 2.33. The smallest absolute Gasteiger partial charge is 0.178 e. The number of rotatable bonds is 2. The number of halogens is 3. The zero-order chi connectivity index (χ0) is 13.1. The maximum absolute atomic E-state index is 11.6. The molecule has 1 saturated carbocycles. The second-order valence-electron chi connectivity index (χ2n) is 4.05. The molecule has 0 radical (unpaired) electrons. The number of carbonyl (C=O) groups is 1. The largest absolute Gasteiger partial charge is 0.293 e. The van der Waals surface area contributed by atoms with Crippen LogP contribution in [0.15, 0.2) is 17.2 Å². The molecule has 2 rings (SSSR count). The molecule has 1 N–H and O–H groups in total. The van der Waals surface area contributed by atoms with E-state index in [9.17, 15) is 4.79 Å². The predicted molar refractivity (Wildman–Crippen MR) is 76.0 cm³/mol. The first-order valence-electron chi connectivity index (χ1n) is 5.58.